The Bertz CT molecular complexity index is 789. The number of likely N-dealkylation sites (tertiary alicyclic amines) is 1. The first-order valence-corrected chi connectivity index (χ1v) is 9.05. The minimum absolute atomic E-state index is 0.0847. The van der Waals surface area contributed by atoms with Crippen LogP contribution in [0.4, 0.5) is 23.5 Å². The molecule has 1 aliphatic carbocycles. The third-order valence-corrected chi connectivity index (χ3v) is 5.06. The van der Waals surface area contributed by atoms with Crippen molar-refractivity contribution in [1.29, 1.82) is 0 Å². The highest BCUT2D eigenvalue weighted by molar-refractivity contribution is 5.37. The molecule has 1 aromatic carbocycles. The van der Waals surface area contributed by atoms with Gasteiger partial charge in [0.2, 0.25) is 5.95 Å². The lowest BCUT2D eigenvalue weighted by Crippen LogP contribution is -2.40. The summed E-state index contributed by atoms with van der Waals surface area (Å²) in [6, 6.07) is 7.61. The molecular weight excluding hydrogens is 360 g/mol. The van der Waals surface area contributed by atoms with E-state index in [0.29, 0.717) is 6.54 Å². The van der Waals surface area contributed by atoms with Gasteiger partial charge in [0.1, 0.15) is 11.5 Å². The van der Waals surface area contributed by atoms with Gasteiger partial charge in [-0.15, -0.1) is 0 Å². The third kappa shape index (κ3) is 4.21. The molecule has 0 radical (unpaired) electrons. The van der Waals surface area contributed by atoms with Crippen molar-refractivity contribution in [3.63, 3.8) is 0 Å². The minimum atomic E-state index is -4.47. The fourth-order valence-electron chi connectivity index (χ4n) is 3.64. The SMILES string of the molecule is Fc1ccc(CN2CCC(N(c3nccc(C(F)(F)F)n3)C3CC3)C2)cc1. The minimum Gasteiger partial charge on any atom is -0.334 e. The van der Waals surface area contributed by atoms with Crippen LogP contribution in [-0.4, -0.2) is 40.0 Å². The summed E-state index contributed by atoms with van der Waals surface area (Å²) in [4.78, 5) is 12.1. The summed E-state index contributed by atoms with van der Waals surface area (Å²) in [5.74, 6) is -0.0967. The first kappa shape index (κ1) is 18.2. The van der Waals surface area contributed by atoms with Crippen molar-refractivity contribution in [2.45, 2.75) is 44.1 Å². The lowest BCUT2D eigenvalue weighted by atomic mass is 10.2. The number of hydrogen-bond acceptors (Lipinski definition) is 4. The van der Waals surface area contributed by atoms with Crippen molar-refractivity contribution in [1.82, 2.24) is 14.9 Å². The molecule has 2 aliphatic rings. The molecule has 0 bridgehead atoms. The number of benzene rings is 1. The molecule has 8 heteroatoms. The van der Waals surface area contributed by atoms with E-state index in [2.05, 4.69) is 14.9 Å². The topological polar surface area (TPSA) is 32.3 Å². The van der Waals surface area contributed by atoms with E-state index in [9.17, 15) is 17.6 Å². The number of rotatable bonds is 5. The molecule has 1 aromatic heterocycles. The van der Waals surface area contributed by atoms with E-state index >= 15 is 0 Å². The van der Waals surface area contributed by atoms with Crippen molar-refractivity contribution in [3.8, 4) is 0 Å². The monoisotopic (exact) mass is 380 g/mol. The maximum absolute atomic E-state index is 13.1. The van der Waals surface area contributed by atoms with Gasteiger partial charge in [0, 0.05) is 37.9 Å². The number of hydrogen-bond donors (Lipinski definition) is 0. The maximum atomic E-state index is 13.1. The van der Waals surface area contributed by atoms with Gasteiger partial charge >= 0.3 is 6.18 Å². The molecule has 1 aliphatic heterocycles. The fraction of sp³-hybridized carbons (Fsp3) is 0.474. The van der Waals surface area contributed by atoms with Crippen molar-refractivity contribution in [3.05, 3.63) is 53.6 Å². The van der Waals surface area contributed by atoms with E-state index in [1.807, 2.05) is 4.90 Å². The number of aromatic nitrogens is 2. The Morgan fingerprint density at radius 2 is 1.78 bits per heavy atom. The van der Waals surface area contributed by atoms with Gasteiger partial charge in [-0.1, -0.05) is 12.1 Å². The summed E-state index contributed by atoms with van der Waals surface area (Å²) in [5.41, 5.74) is 0.115. The van der Waals surface area contributed by atoms with Crippen LogP contribution in [0.5, 0.6) is 0 Å². The van der Waals surface area contributed by atoms with E-state index in [-0.39, 0.29) is 23.8 Å². The average Bonchev–Trinajstić information content (AvgIpc) is 3.36. The second kappa shape index (κ2) is 7.07. The van der Waals surface area contributed by atoms with Crippen LogP contribution in [0.25, 0.3) is 0 Å². The third-order valence-electron chi connectivity index (χ3n) is 5.06. The number of halogens is 4. The highest BCUT2D eigenvalue weighted by Gasteiger charge is 2.40. The normalized spacial score (nSPS) is 20.8. The molecule has 4 rings (SSSR count). The van der Waals surface area contributed by atoms with Gasteiger partial charge in [-0.3, -0.25) is 4.90 Å². The Morgan fingerprint density at radius 3 is 2.44 bits per heavy atom. The van der Waals surface area contributed by atoms with Crippen LogP contribution >= 0.6 is 0 Å². The summed E-state index contributed by atoms with van der Waals surface area (Å²) >= 11 is 0. The van der Waals surface area contributed by atoms with Crippen LogP contribution in [0.15, 0.2) is 36.5 Å². The van der Waals surface area contributed by atoms with Crippen molar-refractivity contribution < 1.29 is 17.6 Å². The van der Waals surface area contributed by atoms with Crippen LogP contribution in [0.3, 0.4) is 0 Å². The van der Waals surface area contributed by atoms with Gasteiger partial charge in [0.05, 0.1) is 0 Å². The smallest absolute Gasteiger partial charge is 0.334 e. The molecular formula is C19H20F4N4. The van der Waals surface area contributed by atoms with Crippen LogP contribution < -0.4 is 4.90 Å². The maximum Gasteiger partial charge on any atom is 0.433 e. The molecule has 0 N–H and O–H groups in total. The van der Waals surface area contributed by atoms with Gasteiger partial charge in [-0.05, 0) is 43.0 Å². The Morgan fingerprint density at radius 1 is 1.04 bits per heavy atom. The van der Waals surface area contributed by atoms with Crippen LogP contribution in [-0.2, 0) is 12.7 Å². The van der Waals surface area contributed by atoms with E-state index in [1.165, 1.54) is 18.3 Å². The van der Waals surface area contributed by atoms with Crippen molar-refractivity contribution in [2.75, 3.05) is 18.0 Å². The van der Waals surface area contributed by atoms with E-state index < -0.39 is 11.9 Å². The molecule has 2 aromatic rings. The number of nitrogens with zero attached hydrogens (tertiary/aromatic N) is 4. The molecule has 1 atom stereocenters. The zero-order valence-electron chi connectivity index (χ0n) is 14.7. The molecule has 27 heavy (non-hydrogen) atoms. The standard InChI is InChI=1S/C19H20F4N4/c20-14-3-1-13(2-4-14)11-26-10-8-16(12-26)27(15-5-6-15)18-24-9-7-17(25-18)19(21,22)23/h1-4,7,9,15-16H,5-6,8,10-12H2. The van der Waals surface area contributed by atoms with E-state index in [4.69, 9.17) is 0 Å². The largest absolute Gasteiger partial charge is 0.433 e. The zero-order chi connectivity index (χ0) is 19.0. The van der Waals surface area contributed by atoms with Gasteiger partial charge in [-0.2, -0.15) is 13.2 Å². The van der Waals surface area contributed by atoms with Crippen LogP contribution in [0.2, 0.25) is 0 Å². The average molecular weight is 380 g/mol. The van der Waals surface area contributed by atoms with Crippen molar-refractivity contribution in [2.24, 2.45) is 0 Å². The van der Waals surface area contributed by atoms with Gasteiger partial charge in [0.25, 0.3) is 0 Å². The molecule has 2 heterocycles. The summed E-state index contributed by atoms with van der Waals surface area (Å²) < 4.78 is 52.1. The molecule has 0 amide bonds. The Labute approximate surface area is 154 Å². The van der Waals surface area contributed by atoms with E-state index in [1.54, 1.807) is 12.1 Å². The Kier molecular flexibility index (Phi) is 4.75. The van der Waals surface area contributed by atoms with Crippen molar-refractivity contribution >= 4 is 5.95 Å². The molecule has 144 valence electrons. The summed E-state index contributed by atoms with van der Waals surface area (Å²) in [6.07, 6.45) is -0.539. The summed E-state index contributed by atoms with van der Waals surface area (Å²) in [5, 5.41) is 0. The first-order valence-electron chi connectivity index (χ1n) is 9.05. The Balaban J connectivity index is 1.48. The molecule has 4 nitrogen and oxygen atoms in total. The number of anilines is 1. The first-order chi connectivity index (χ1) is 12.9. The predicted molar refractivity (Wildman–Crippen MR) is 92.6 cm³/mol. The predicted octanol–water partition coefficient (Wildman–Crippen LogP) is 3.88. The highest BCUT2D eigenvalue weighted by atomic mass is 19.4. The molecule has 0 spiro atoms. The highest BCUT2D eigenvalue weighted by Crippen LogP contribution is 2.36. The quantitative estimate of drug-likeness (QED) is 0.737. The second-order valence-corrected chi connectivity index (χ2v) is 7.18. The second-order valence-electron chi connectivity index (χ2n) is 7.18. The summed E-state index contributed by atoms with van der Waals surface area (Å²) in [6.45, 7) is 2.26. The lowest BCUT2D eigenvalue weighted by Gasteiger charge is -2.29. The van der Waals surface area contributed by atoms with Crippen LogP contribution in [0.1, 0.15) is 30.5 Å². The van der Waals surface area contributed by atoms with Gasteiger partial charge < -0.3 is 4.90 Å². The van der Waals surface area contributed by atoms with E-state index in [0.717, 1.165) is 44.0 Å². The van der Waals surface area contributed by atoms with Gasteiger partial charge in [0.15, 0.2) is 0 Å². The lowest BCUT2D eigenvalue weighted by molar-refractivity contribution is -0.141. The fourth-order valence-corrected chi connectivity index (χ4v) is 3.64. The van der Waals surface area contributed by atoms with Gasteiger partial charge in [-0.25, -0.2) is 14.4 Å². The molecule has 1 saturated carbocycles. The zero-order valence-corrected chi connectivity index (χ0v) is 14.7. The Hall–Kier alpha value is -2.22. The molecule has 2 fully saturated rings. The molecule has 1 saturated heterocycles. The van der Waals surface area contributed by atoms with Crippen LogP contribution in [0, 0.1) is 5.82 Å². The number of alkyl halides is 3. The molecule has 1 unspecified atom stereocenters. The summed E-state index contributed by atoms with van der Waals surface area (Å²) in [7, 11) is 0.